The molecule has 19 heavy (non-hydrogen) atoms. The summed E-state index contributed by atoms with van der Waals surface area (Å²) in [5.41, 5.74) is 1.33. The number of hydrogen-bond donors (Lipinski definition) is 2. The fraction of sp³-hybridized carbons (Fsp3) is 0.562. The molecule has 1 fully saturated rings. The quantitative estimate of drug-likeness (QED) is 0.877. The molecule has 0 heterocycles. The van der Waals surface area contributed by atoms with Gasteiger partial charge in [0, 0.05) is 6.04 Å². The summed E-state index contributed by atoms with van der Waals surface area (Å²) < 4.78 is 0. The molecule has 1 aliphatic carbocycles. The second kappa shape index (κ2) is 5.64. The molecule has 3 heteroatoms. The van der Waals surface area contributed by atoms with Crippen molar-refractivity contribution in [3.63, 3.8) is 0 Å². The molecule has 3 unspecified atom stereocenters. The highest BCUT2D eigenvalue weighted by Crippen LogP contribution is 2.34. The topological polar surface area (TPSA) is 49.3 Å². The fourth-order valence-corrected chi connectivity index (χ4v) is 3.11. The van der Waals surface area contributed by atoms with E-state index in [0.717, 1.165) is 12.0 Å². The number of carbonyl (C=O) groups excluding carboxylic acids is 1. The Morgan fingerprint density at radius 2 is 2.16 bits per heavy atom. The van der Waals surface area contributed by atoms with Crippen molar-refractivity contribution in [1.82, 2.24) is 5.32 Å². The first-order chi connectivity index (χ1) is 9.02. The van der Waals surface area contributed by atoms with E-state index in [2.05, 4.69) is 19.2 Å². The molecule has 0 aromatic heterocycles. The third kappa shape index (κ3) is 2.91. The summed E-state index contributed by atoms with van der Waals surface area (Å²) in [7, 11) is 0. The summed E-state index contributed by atoms with van der Waals surface area (Å²) in [6.45, 7) is 6.31. The van der Waals surface area contributed by atoms with Crippen LogP contribution in [0.4, 0.5) is 0 Å². The van der Waals surface area contributed by atoms with Crippen molar-refractivity contribution < 1.29 is 9.90 Å². The van der Waals surface area contributed by atoms with Gasteiger partial charge in [0.25, 0.3) is 5.91 Å². The zero-order valence-corrected chi connectivity index (χ0v) is 11.9. The van der Waals surface area contributed by atoms with E-state index in [9.17, 15) is 9.90 Å². The Morgan fingerprint density at radius 3 is 2.74 bits per heavy atom. The minimum atomic E-state index is -0.161. The molecule has 2 rings (SSSR count). The zero-order chi connectivity index (χ0) is 14.0. The maximum atomic E-state index is 12.2. The maximum Gasteiger partial charge on any atom is 0.255 e. The standard InChI is InChI=1S/C16H23NO2/c1-4-12-6-8-14(11(12)3)17-16(19)13-7-5-10(2)9-15(13)18/h5,7,9,11-12,14,18H,4,6,8H2,1-3H3,(H,17,19). The Labute approximate surface area is 115 Å². The first kappa shape index (κ1) is 13.9. The first-order valence-electron chi connectivity index (χ1n) is 7.13. The minimum Gasteiger partial charge on any atom is -0.507 e. The van der Waals surface area contributed by atoms with Crippen LogP contribution in [0.3, 0.4) is 0 Å². The van der Waals surface area contributed by atoms with Crippen LogP contribution in [0.2, 0.25) is 0 Å². The van der Waals surface area contributed by atoms with Crippen LogP contribution < -0.4 is 5.32 Å². The lowest BCUT2D eigenvalue weighted by atomic mass is 9.93. The predicted molar refractivity (Wildman–Crippen MR) is 76.3 cm³/mol. The average Bonchev–Trinajstić information content (AvgIpc) is 2.70. The predicted octanol–water partition coefficient (Wildman–Crippen LogP) is 3.26. The lowest BCUT2D eigenvalue weighted by molar-refractivity contribution is 0.0924. The Kier molecular flexibility index (Phi) is 4.13. The first-order valence-corrected chi connectivity index (χ1v) is 7.13. The zero-order valence-electron chi connectivity index (χ0n) is 11.9. The monoisotopic (exact) mass is 261 g/mol. The largest absolute Gasteiger partial charge is 0.507 e. The number of rotatable bonds is 3. The van der Waals surface area contributed by atoms with Crippen LogP contribution in [0.25, 0.3) is 0 Å². The summed E-state index contributed by atoms with van der Waals surface area (Å²) in [6, 6.07) is 5.40. The number of phenols is 1. The van der Waals surface area contributed by atoms with Crippen molar-refractivity contribution in [2.24, 2.45) is 11.8 Å². The lowest BCUT2D eigenvalue weighted by Crippen LogP contribution is -2.37. The molecule has 1 saturated carbocycles. The van der Waals surface area contributed by atoms with Crippen LogP contribution in [-0.4, -0.2) is 17.1 Å². The van der Waals surface area contributed by atoms with Gasteiger partial charge in [0.05, 0.1) is 5.56 Å². The molecular formula is C16H23NO2. The van der Waals surface area contributed by atoms with Gasteiger partial charge in [-0.1, -0.05) is 26.3 Å². The molecule has 1 amide bonds. The molecule has 3 atom stereocenters. The van der Waals surface area contributed by atoms with Gasteiger partial charge < -0.3 is 10.4 Å². The highest BCUT2D eigenvalue weighted by Gasteiger charge is 2.32. The maximum absolute atomic E-state index is 12.2. The number of benzene rings is 1. The normalized spacial score (nSPS) is 26.4. The molecule has 1 aromatic rings. The molecule has 0 aliphatic heterocycles. The summed E-state index contributed by atoms with van der Waals surface area (Å²) in [5, 5.41) is 12.9. The SMILES string of the molecule is CCC1CCC(NC(=O)c2ccc(C)cc2O)C1C. The molecule has 1 aliphatic rings. The van der Waals surface area contributed by atoms with Gasteiger partial charge in [-0.25, -0.2) is 0 Å². The summed E-state index contributed by atoms with van der Waals surface area (Å²) in [5.74, 6) is 1.12. The molecule has 0 saturated heterocycles. The molecule has 104 valence electrons. The van der Waals surface area contributed by atoms with E-state index in [-0.39, 0.29) is 17.7 Å². The van der Waals surface area contributed by atoms with Crippen molar-refractivity contribution in [2.75, 3.05) is 0 Å². The van der Waals surface area contributed by atoms with E-state index >= 15 is 0 Å². The van der Waals surface area contributed by atoms with Crippen LogP contribution in [-0.2, 0) is 0 Å². The van der Waals surface area contributed by atoms with Gasteiger partial charge in [0.2, 0.25) is 0 Å². The van der Waals surface area contributed by atoms with Crippen molar-refractivity contribution in [2.45, 2.75) is 46.1 Å². The van der Waals surface area contributed by atoms with Crippen molar-refractivity contribution in [3.8, 4) is 5.75 Å². The van der Waals surface area contributed by atoms with E-state index in [1.54, 1.807) is 12.1 Å². The van der Waals surface area contributed by atoms with Gasteiger partial charge in [-0.3, -0.25) is 4.79 Å². The summed E-state index contributed by atoms with van der Waals surface area (Å²) in [6.07, 6.45) is 3.39. The number of nitrogens with one attached hydrogen (secondary N) is 1. The molecule has 1 aromatic carbocycles. The second-order valence-electron chi connectivity index (χ2n) is 5.71. The molecule has 2 N–H and O–H groups in total. The Morgan fingerprint density at radius 1 is 1.42 bits per heavy atom. The van der Waals surface area contributed by atoms with Crippen molar-refractivity contribution >= 4 is 5.91 Å². The molecular weight excluding hydrogens is 238 g/mol. The molecule has 3 nitrogen and oxygen atoms in total. The number of phenolic OH excluding ortho intramolecular Hbond substituents is 1. The fourth-order valence-electron chi connectivity index (χ4n) is 3.11. The van der Waals surface area contributed by atoms with Crippen molar-refractivity contribution in [3.05, 3.63) is 29.3 Å². The Balaban J connectivity index is 2.05. The van der Waals surface area contributed by atoms with Gasteiger partial charge in [0.1, 0.15) is 5.75 Å². The van der Waals surface area contributed by atoms with Crippen LogP contribution >= 0.6 is 0 Å². The van der Waals surface area contributed by atoms with Gasteiger partial charge in [-0.05, 0) is 49.3 Å². The third-order valence-corrected chi connectivity index (χ3v) is 4.47. The van der Waals surface area contributed by atoms with E-state index in [1.165, 1.54) is 12.8 Å². The highest BCUT2D eigenvalue weighted by molar-refractivity contribution is 5.97. The van der Waals surface area contributed by atoms with Crippen LogP contribution in [0.15, 0.2) is 18.2 Å². The third-order valence-electron chi connectivity index (χ3n) is 4.47. The second-order valence-corrected chi connectivity index (χ2v) is 5.71. The smallest absolute Gasteiger partial charge is 0.255 e. The minimum absolute atomic E-state index is 0.0650. The van der Waals surface area contributed by atoms with Crippen LogP contribution in [0.5, 0.6) is 5.75 Å². The van der Waals surface area contributed by atoms with Gasteiger partial charge >= 0.3 is 0 Å². The number of aromatic hydroxyl groups is 1. The highest BCUT2D eigenvalue weighted by atomic mass is 16.3. The average molecular weight is 261 g/mol. The van der Waals surface area contributed by atoms with Crippen molar-refractivity contribution in [1.29, 1.82) is 0 Å². The van der Waals surface area contributed by atoms with Gasteiger partial charge in [0.15, 0.2) is 0 Å². The molecule has 0 bridgehead atoms. The van der Waals surface area contributed by atoms with Crippen LogP contribution in [0.1, 0.15) is 49.0 Å². The summed E-state index contributed by atoms with van der Waals surface area (Å²) in [4.78, 5) is 12.2. The summed E-state index contributed by atoms with van der Waals surface area (Å²) >= 11 is 0. The van der Waals surface area contributed by atoms with Gasteiger partial charge in [-0.2, -0.15) is 0 Å². The van der Waals surface area contributed by atoms with E-state index < -0.39 is 0 Å². The number of carbonyl (C=O) groups is 1. The number of aryl methyl sites for hydroxylation is 1. The van der Waals surface area contributed by atoms with E-state index in [1.807, 2.05) is 13.0 Å². The van der Waals surface area contributed by atoms with Gasteiger partial charge in [-0.15, -0.1) is 0 Å². The lowest BCUT2D eigenvalue weighted by Gasteiger charge is -2.21. The van der Waals surface area contributed by atoms with E-state index in [4.69, 9.17) is 0 Å². The van der Waals surface area contributed by atoms with Crippen LogP contribution in [0, 0.1) is 18.8 Å². The Bertz CT molecular complexity index is 470. The van der Waals surface area contributed by atoms with E-state index in [0.29, 0.717) is 17.4 Å². The molecule has 0 spiro atoms. The Hall–Kier alpha value is -1.51. The molecule has 0 radical (unpaired) electrons. The number of amides is 1. The number of hydrogen-bond acceptors (Lipinski definition) is 2.